The summed E-state index contributed by atoms with van der Waals surface area (Å²) in [6, 6.07) is -0.655. The summed E-state index contributed by atoms with van der Waals surface area (Å²) in [5.41, 5.74) is 0. The van der Waals surface area contributed by atoms with Gasteiger partial charge in [0.15, 0.2) is 0 Å². The maximum absolute atomic E-state index is 12.5. The molecule has 68 heavy (non-hydrogen) atoms. The molecule has 0 rings (SSSR count). The van der Waals surface area contributed by atoms with E-state index in [4.69, 9.17) is 4.74 Å². The van der Waals surface area contributed by atoms with Gasteiger partial charge in [-0.25, -0.2) is 0 Å². The fraction of sp³-hybridized carbons (Fsp3) is 0.871. The molecule has 2 unspecified atom stereocenters. The SMILES string of the molecule is CCCCCCCC/C=C\CCCCCCCCCC(=O)OCCCC/C=C\CCCCCCC(=O)NC(CO)C(O)/C=C/CCCCCCCCCCCCCCCCCCCCCCCC. The van der Waals surface area contributed by atoms with E-state index >= 15 is 0 Å². The summed E-state index contributed by atoms with van der Waals surface area (Å²) in [4.78, 5) is 24.6. The normalized spacial score (nSPS) is 12.8. The number of amides is 1. The Balaban J connectivity index is 3.53. The molecule has 0 aromatic heterocycles. The number of allylic oxidation sites excluding steroid dienone is 5. The van der Waals surface area contributed by atoms with Crippen LogP contribution in [0, 0.1) is 0 Å². The zero-order chi connectivity index (χ0) is 49.3. The number of rotatable bonds is 56. The molecule has 0 aromatic carbocycles. The molecule has 400 valence electrons. The van der Waals surface area contributed by atoms with Gasteiger partial charge >= 0.3 is 5.97 Å². The lowest BCUT2D eigenvalue weighted by Crippen LogP contribution is -2.45. The average Bonchev–Trinajstić information content (AvgIpc) is 3.34. The lowest BCUT2D eigenvalue weighted by molar-refractivity contribution is -0.143. The van der Waals surface area contributed by atoms with E-state index in [1.807, 2.05) is 6.08 Å². The molecule has 3 N–H and O–H groups in total. The van der Waals surface area contributed by atoms with Crippen LogP contribution in [-0.2, 0) is 14.3 Å². The molecule has 6 heteroatoms. The topological polar surface area (TPSA) is 95.9 Å². The smallest absolute Gasteiger partial charge is 0.305 e. The molecule has 0 saturated carbocycles. The molecule has 0 bridgehead atoms. The zero-order valence-electron chi connectivity index (χ0n) is 45.6. The van der Waals surface area contributed by atoms with Crippen molar-refractivity contribution in [2.24, 2.45) is 0 Å². The maximum atomic E-state index is 12.5. The Bertz CT molecular complexity index is 1100. The van der Waals surface area contributed by atoms with Crippen molar-refractivity contribution in [2.75, 3.05) is 13.2 Å². The number of carbonyl (C=O) groups is 2. The quantitative estimate of drug-likeness (QED) is 0.0321. The Morgan fingerprint density at radius 3 is 1.04 bits per heavy atom. The Hall–Kier alpha value is -1.92. The fourth-order valence-corrected chi connectivity index (χ4v) is 9.21. The highest BCUT2D eigenvalue weighted by Gasteiger charge is 2.18. The van der Waals surface area contributed by atoms with Crippen molar-refractivity contribution >= 4 is 11.9 Å². The van der Waals surface area contributed by atoms with E-state index in [1.165, 1.54) is 218 Å². The molecular weight excluding hydrogens is 839 g/mol. The molecule has 0 aliphatic rings. The first-order valence-corrected chi connectivity index (χ1v) is 30.3. The van der Waals surface area contributed by atoms with Crippen LogP contribution in [0.4, 0.5) is 0 Å². The van der Waals surface area contributed by atoms with Crippen LogP contribution in [0.3, 0.4) is 0 Å². The van der Waals surface area contributed by atoms with E-state index in [0.717, 1.165) is 77.0 Å². The zero-order valence-corrected chi connectivity index (χ0v) is 45.6. The average molecular weight is 957 g/mol. The number of hydrogen-bond donors (Lipinski definition) is 3. The van der Waals surface area contributed by atoms with Gasteiger partial charge in [0.2, 0.25) is 5.91 Å². The summed E-state index contributed by atoms with van der Waals surface area (Å²) in [7, 11) is 0. The van der Waals surface area contributed by atoms with Crippen LogP contribution in [0.2, 0.25) is 0 Å². The molecule has 0 heterocycles. The van der Waals surface area contributed by atoms with Gasteiger partial charge in [-0.05, 0) is 83.5 Å². The number of nitrogens with one attached hydrogen (secondary N) is 1. The molecule has 0 aliphatic carbocycles. The van der Waals surface area contributed by atoms with Crippen molar-refractivity contribution in [1.29, 1.82) is 0 Å². The van der Waals surface area contributed by atoms with Crippen LogP contribution in [0.25, 0.3) is 0 Å². The lowest BCUT2D eigenvalue weighted by Gasteiger charge is -2.20. The molecule has 0 saturated heterocycles. The highest BCUT2D eigenvalue weighted by atomic mass is 16.5. The van der Waals surface area contributed by atoms with Crippen LogP contribution in [0.5, 0.6) is 0 Å². The van der Waals surface area contributed by atoms with E-state index < -0.39 is 12.1 Å². The van der Waals surface area contributed by atoms with Gasteiger partial charge in [0.1, 0.15) is 0 Å². The van der Waals surface area contributed by atoms with Crippen LogP contribution in [-0.4, -0.2) is 47.4 Å². The van der Waals surface area contributed by atoms with Gasteiger partial charge in [0.05, 0.1) is 25.4 Å². The van der Waals surface area contributed by atoms with E-state index in [1.54, 1.807) is 6.08 Å². The number of hydrogen-bond acceptors (Lipinski definition) is 5. The van der Waals surface area contributed by atoms with Crippen LogP contribution in [0.15, 0.2) is 36.5 Å². The molecular formula is C62H117NO5. The lowest BCUT2D eigenvalue weighted by atomic mass is 10.0. The molecule has 0 spiro atoms. The summed E-state index contributed by atoms with van der Waals surface area (Å²) in [5, 5.41) is 23.2. The van der Waals surface area contributed by atoms with E-state index in [-0.39, 0.29) is 18.5 Å². The van der Waals surface area contributed by atoms with E-state index in [2.05, 4.69) is 43.5 Å². The van der Waals surface area contributed by atoms with Crippen molar-refractivity contribution < 1.29 is 24.5 Å². The Kier molecular flexibility index (Phi) is 56.0. The van der Waals surface area contributed by atoms with E-state index in [0.29, 0.717) is 19.4 Å². The monoisotopic (exact) mass is 956 g/mol. The standard InChI is InChI=1S/C62H117NO5/c1-3-5-7-9-11-13-15-17-19-21-22-23-24-25-26-27-29-30-32-34-38-42-46-50-54-60(65)59(58-64)63-61(66)55-51-47-43-39-36-37-41-45-49-53-57-68-62(67)56-52-48-44-40-35-33-31-28-20-18-16-14-12-10-8-6-4-2/h18,20,37,41,50,54,59-60,64-65H,3-17,19,21-36,38-40,42-49,51-53,55-58H2,1-2H3,(H,63,66)/b20-18-,41-37-,54-50+. The fourth-order valence-electron chi connectivity index (χ4n) is 9.21. The molecule has 0 fully saturated rings. The number of esters is 1. The second-order valence-corrected chi connectivity index (χ2v) is 20.7. The third-order valence-electron chi connectivity index (χ3n) is 13.9. The van der Waals surface area contributed by atoms with Crippen molar-refractivity contribution in [3.8, 4) is 0 Å². The minimum absolute atomic E-state index is 0.0412. The predicted molar refractivity (Wildman–Crippen MR) is 296 cm³/mol. The predicted octanol–water partition coefficient (Wildman–Crippen LogP) is 18.8. The first kappa shape index (κ1) is 66.1. The maximum Gasteiger partial charge on any atom is 0.305 e. The largest absolute Gasteiger partial charge is 0.466 e. The minimum atomic E-state index is -0.868. The van der Waals surface area contributed by atoms with Gasteiger partial charge < -0.3 is 20.3 Å². The minimum Gasteiger partial charge on any atom is -0.466 e. The molecule has 1 amide bonds. The first-order valence-electron chi connectivity index (χ1n) is 30.3. The van der Waals surface area contributed by atoms with Crippen LogP contribution in [0.1, 0.15) is 322 Å². The van der Waals surface area contributed by atoms with Crippen molar-refractivity contribution in [3.63, 3.8) is 0 Å². The van der Waals surface area contributed by atoms with Crippen LogP contribution >= 0.6 is 0 Å². The number of carbonyl (C=O) groups excluding carboxylic acids is 2. The Morgan fingerprint density at radius 2 is 0.691 bits per heavy atom. The van der Waals surface area contributed by atoms with Crippen molar-refractivity contribution in [2.45, 2.75) is 334 Å². The number of aliphatic hydroxyl groups excluding tert-OH is 2. The Labute approximate surface area is 424 Å². The highest BCUT2D eigenvalue weighted by molar-refractivity contribution is 5.76. The second kappa shape index (κ2) is 57.7. The van der Waals surface area contributed by atoms with Crippen molar-refractivity contribution in [3.05, 3.63) is 36.5 Å². The molecule has 0 aliphatic heterocycles. The van der Waals surface area contributed by atoms with Gasteiger partial charge in [0.25, 0.3) is 0 Å². The summed E-state index contributed by atoms with van der Waals surface area (Å²) >= 11 is 0. The van der Waals surface area contributed by atoms with Gasteiger partial charge in [-0.1, -0.05) is 262 Å². The van der Waals surface area contributed by atoms with Crippen LogP contribution < -0.4 is 5.32 Å². The number of aliphatic hydroxyl groups is 2. The Morgan fingerprint density at radius 1 is 0.397 bits per heavy atom. The summed E-state index contributed by atoms with van der Waals surface area (Å²) < 4.78 is 5.45. The van der Waals surface area contributed by atoms with Gasteiger partial charge in [0, 0.05) is 12.8 Å². The highest BCUT2D eigenvalue weighted by Crippen LogP contribution is 2.17. The van der Waals surface area contributed by atoms with E-state index in [9.17, 15) is 19.8 Å². The van der Waals surface area contributed by atoms with Gasteiger partial charge in [-0.3, -0.25) is 9.59 Å². The second-order valence-electron chi connectivity index (χ2n) is 20.7. The first-order chi connectivity index (χ1) is 33.5. The third-order valence-corrected chi connectivity index (χ3v) is 13.9. The molecule has 0 radical (unpaired) electrons. The molecule has 0 aromatic rings. The summed E-state index contributed by atoms with van der Waals surface area (Å²) in [6.45, 7) is 4.83. The molecule has 2 atom stereocenters. The van der Waals surface area contributed by atoms with Crippen molar-refractivity contribution in [1.82, 2.24) is 5.32 Å². The van der Waals surface area contributed by atoms with Gasteiger partial charge in [-0.2, -0.15) is 0 Å². The summed E-state index contributed by atoms with van der Waals surface area (Å²) in [6.07, 6.45) is 71.8. The molecule has 6 nitrogen and oxygen atoms in total. The van der Waals surface area contributed by atoms with Gasteiger partial charge in [-0.15, -0.1) is 0 Å². The summed E-state index contributed by atoms with van der Waals surface area (Å²) in [5.74, 6) is -0.143. The number of ether oxygens (including phenoxy) is 1. The third kappa shape index (κ3) is 53.4. The number of unbranched alkanes of at least 4 members (excludes halogenated alkanes) is 41.